The number of likely N-dealkylation sites (tertiary alicyclic amines) is 1. The van der Waals surface area contributed by atoms with Crippen LogP contribution in [-0.2, 0) is 19.7 Å². The first kappa shape index (κ1) is 16.0. The molecule has 2 fully saturated rings. The zero-order chi connectivity index (χ0) is 16.4. The van der Waals surface area contributed by atoms with Crippen molar-refractivity contribution in [2.75, 3.05) is 13.1 Å². The summed E-state index contributed by atoms with van der Waals surface area (Å²) in [5.74, 6) is -1.03. The summed E-state index contributed by atoms with van der Waals surface area (Å²) in [6, 6.07) is 10.4. The lowest BCUT2D eigenvalue weighted by Crippen LogP contribution is -2.47. The number of hydrogen-bond acceptors (Lipinski definition) is 3. The molecule has 124 valence electrons. The maximum absolute atomic E-state index is 12.5. The standard InChI is InChI=1S/C18H23NO4/c1-18(13-5-3-2-4-6-13)9-11-19(12-10-18)16(20)14-7-8-15(23-14)17(21)22/h2-6,14-15H,7-12H2,1H3,(H,21,22)/t14-,15+/m0/s1. The number of carbonyl (C=O) groups is 2. The fourth-order valence-electron chi connectivity index (χ4n) is 3.55. The Morgan fingerprint density at radius 2 is 1.74 bits per heavy atom. The molecule has 2 aliphatic rings. The van der Waals surface area contributed by atoms with Gasteiger partial charge in [-0.25, -0.2) is 4.79 Å². The van der Waals surface area contributed by atoms with Gasteiger partial charge in [0.15, 0.2) is 6.10 Å². The topological polar surface area (TPSA) is 66.8 Å². The second-order valence-corrected chi connectivity index (χ2v) is 6.78. The molecule has 0 spiro atoms. The van der Waals surface area contributed by atoms with Crippen molar-refractivity contribution in [3.8, 4) is 0 Å². The van der Waals surface area contributed by atoms with E-state index in [4.69, 9.17) is 9.84 Å². The third-order valence-corrected chi connectivity index (χ3v) is 5.22. The van der Waals surface area contributed by atoms with Gasteiger partial charge in [0.25, 0.3) is 5.91 Å². The maximum atomic E-state index is 12.5. The van der Waals surface area contributed by atoms with Crippen LogP contribution in [0.15, 0.2) is 30.3 Å². The molecule has 3 rings (SSSR count). The Labute approximate surface area is 136 Å². The van der Waals surface area contributed by atoms with Crippen molar-refractivity contribution in [1.82, 2.24) is 4.90 Å². The van der Waals surface area contributed by atoms with Crippen molar-refractivity contribution in [3.63, 3.8) is 0 Å². The first-order valence-corrected chi connectivity index (χ1v) is 8.22. The van der Waals surface area contributed by atoms with E-state index < -0.39 is 18.2 Å². The van der Waals surface area contributed by atoms with Crippen LogP contribution in [0.2, 0.25) is 0 Å². The van der Waals surface area contributed by atoms with Crippen molar-refractivity contribution in [2.24, 2.45) is 0 Å². The Balaban J connectivity index is 1.59. The quantitative estimate of drug-likeness (QED) is 0.928. The molecule has 1 aromatic carbocycles. The van der Waals surface area contributed by atoms with E-state index in [-0.39, 0.29) is 11.3 Å². The van der Waals surface area contributed by atoms with Crippen LogP contribution < -0.4 is 0 Å². The molecule has 1 N–H and O–H groups in total. The summed E-state index contributed by atoms with van der Waals surface area (Å²) in [5, 5.41) is 8.97. The molecule has 23 heavy (non-hydrogen) atoms. The largest absolute Gasteiger partial charge is 0.479 e. The number of ether oxygens (including phenoxy) is 1. The van der Waals surface area contributed by atoms with Gasteiger partial charge in [0.2, 0.25) is 0 Å². The van der Waals surface area contributed by atoms with Crippen molar-refractivity contribution < 1.29 is 19.4 Å². The molecule has 2 atom stereocenters. The number of carboxylic acid groups (broad SMARTS) is 1. The molecule has 0 radical (unpaired) electrons. The lowest BCUT2D eigenvalue weighted by atomic mass is 9.74. The Hall–Kier alpha value is -1.88. The van der Waals surface area contributed by atoms with Crippen LogP contribution in [-0.4, -0.2) is 47.2 Å². The average Bonchev–Trinajstić information content (AvgIpc) is 3.06. The number of aliphatic carboxylic acids is 1. The van der Waals surface area contributed by atoms with E-state index in [1.807, 2.05) is 11.0 Å². The fraction of sp³-hybridized carbons (Fsp3) is 0.556. The molecule has 0 aromatic heterocycles. The van der Waals surface area contributed by atoms with E-state index in [0.29, 0.717) is 25.9 Å². The van der Waals surface area contributed by atoms with Crippen LogP contribution in [0, 0.1) is 0 Å². The highest BCUT2D eigenvalue weighted by Gasteiger charge is 2.39. The molecule has 0 unspecified atom stereocenters. The molecular formula is C18H23NO4. The van der Waals surface area contributed by atoms with E-state index in [0.717, 1.165) is 12.8 Å². The van der Waals surface area contributed by atoms with E-state index in [1.54, 1.807) is 0 Å². The zero-order valence-corrected chi connectivity index (χ0v) is 13.4. The molecule has 2 aliphatic heterocycles. The minimum atomic E-state index is -0.976. The molecule has 2 saturated heterocycles. The van der Waals surface area contributed by atoms with Gasteiger partial charge in [-0.15, -0.1) is 0 Å². The number of rotatable bonds is 3. The average molecular weight is 317 g/mol. The molecule has 0 saturated carbocycles. The van der Waals surface area contributed by atoms with Crippen LogP contribution in [0.4, 0.5) is 0 Å². The van der Waals surface area contributed by atoms with Gasteiger partial charge in [-0.05, 0) is 36.7 Å². The summed E-state index contributed by atoms with van der Waals surface area (Å²) < 4.78 is 5.38. The molecule has 5 nitrogen and oxygen atoms in total. The molecular weight excluding hydrogens is 294 g/mol. The van der Waals surface area contributed by atoms with Gasteiger partial charge in [-0.1, -0.05) is 37.3 Å². The van der Waals surface area contributed by atoms with Crippen molar-refractivity contribution >= 4 is 11.9 Å². The van der Waals surface area contributed by atoms with Gasteiger partial charge < -0.3 is 14.7 Å². The number of benzene rings is 1. The van der Waals surface area contributed by atoms with Gasteiger partial charge in [0.1, 0.15) is 6.10 Å². The Morgan fingerprint density at radius 3 is 2.30 bits per heavy atom. The van der Waals surface area contributed by atoms with Crippen molar-refractivity contribution in [3.05, 3.63) is 35.9 Å². The SMILES string of the molecule is CC1(c2ccccc2)CCN(C(=O)[C@@H]2CC[C@H](C(=O)O)O2)CC1. The summed E-state index contributed by atoms with van der Waals surface area (Å²) >= 11 is 0. The second kappa shape index (κ2) is 6.32. The molecule has 0 bridgehead atoms. The molecule has 2 heterocycles. The minimum absolute atomic E-state index is 0.0520. The van der Waals surface area contributed by atoms with Crippen molar-refractivity contribution in [2.45, 2.75) is 50.2 Å². The first-order valence-electron chi connectivity index (χ1n) is 8.22. The Kier molecular flexibility index (Phi) is 4.39. The number of piperidine rings is 1. The van der Waals surface area contributed by atoms with Crippen molar-refractivity contribution in [1.29, 1.82) is 0 Å². The lowest BCUT2D eigenvalue weighted by Gasteiger charge is -2.40. The van der Waals surface area contributed by atoms with Gasteiger partial charge in [0.05, 0.1) is 0 Å². The van der Waals surface area contributed by atoms with Gasteiger partial charge in [0, 0.05) is 13.1 Å². The summed E-state index contributed by atoms with van der Waals surface area (Å²) in [7, 11) is 0. The molecule has 1 amide bonds. The van der Waals surface area contributed by atoms with E-state index in [2.05, 4.69) is 31.2 Å². The highest BCUT2D eigenvalue weighted by atomic mass is 16.5. The van der Waals surface area contributed by atoms with E-state index in [9.17, 15) is 9.59 Å². The normalized spacial score (nSPS) is 26.9. The third kappa shape index (κ3) is 3.24. The van der Waals surface area contributed by atoms with Gasteiger partial charge in [-0.2, -0.15) is 0 Å². The summed E-state index contributed by atoms with van der Waals surface area (Å²) in [6.07, 6.45) is 1.33. The fourth-order valence-corrected chi connectivity index (χ4v) is 3.55. The number of carbonyl (C=O) groups excluding carboxylic acids is 1. The van der Waals surface area contributed by atoms with Crippen LogP contribution in [0.5, 0.6) is 0 Å². The zero-order valence-electron chi connectivity index (χ0n) is 13.4. The minimum Gasteiger partial charge on any atom is -0.479 e. The highest BCUT2D eigenvalue weighted by molar-refractivity contribution is 5.82. The van der Waals surface area contributed by atoms with E-state index >= 15 is 0 Å². The van der Waals surface area contributed by atoms with Gasteiger partial charge >= 0.3 is 5.97 Å². The van der Waals surface area contributed by atoms with E-state index in [1.165, 1.54) is 5.56 Å². The molecule has 1 aromatic rings. The van der Waals surface area contributed by atoms with Crippen LogP contribution in [0.1, 0.15) is 38.2 Å². The molecule has 0 aliphatic carbocycles. The lowest BCUT2D eigenvalue weighted by molar-refractivity contribution is -0.155. The first-order chi connectivity index (χ1) is 11.0. The number of carboxylic acids is 1. The highest BCUT2D eigenvalue weighted by Crippen LogP contribution is 2.35. The Bertz CT molecular complexity index is 578. The number of nitrogens with zero attached hydrogens (tertiary/aromatic N) is 1. The summed E-state index contributed by atoms with van der Waals surface area (Å²) in [4.78, 5) is 25.3. The molecule has 5 heteroatoms. The predicted molar refractivity (Wildman–Crippen MR) is 85.1 cm³/mol. The second-order valence-electron chi connectivity index (χ2n) is 6.78. The summed E-state index contributed by atoms with van der Waals surface area (Å²) in [5.41, 5.74) is 1.41. The summed E-state index contributed by atoms with van der Waals surface area (Å²) in [6.45, 7) is 3.64. The van der Waals surface area contributed by atoms with Crippen LogP contribution in [0.3, 0.4) is 0 Å². The maximum Gasteiger partial charge on any atom is 0.332 e. The van der Waals surface area contributed by atoms with Crippen LogP contribution in [0.25, 0.3) is 0 Å². The predicted octanol–water partition coefficient (Wildman–Crippen LogP) is 2.20. The van der Waals surface area contributed by atoms with Gasteiger partial charge in [-0.3, -0.25) is 4.79 Å². The number of amides is 1. The smallest absolute Gasteiger partial charge is 0.332 e. The number of hydrogen-bond donors (Lipinski definition) is 1. The monoisotopic (exact) mass is 317 g/mol. The third-order valence-electron chi connectivity index (χ3n) is 5.22. The Morgan fingerprint density at radius 1 is 1.13 bits per heavy atom. The van der Waals surface area contributed by atoms with Crippen LogP contribution >= 0.6 is 0 Å².